The van der Waals surface area contributed by atoms with Gasteiger partial charge in [0.15, 0.2) is 17.5 Å². The lowest BCUT2D eigenvalue weighted by molar-refractivity contribution is -0.189. The van der Waals surface area contributed by atoms with Crippen molar-refractivity contribution in [1.82, 2.24) is 0 Å². The lowest BCUT2D eigenvalue weighted by atomic mass is 9.98. The number of ether oxygens (including phenoxy) is 1. The largest absolute Gasteiger partial charge is 0.432 e. The topological polar surface area (TPSA) is 9.23 Å². The lowest BCUT2D eigenvalue weighted by Crippen LogP contribution is -2.25. The Morgan fingerprint density at radius 1 is 0.568 bits per heavy atom. The minimum absolute atomic E-state index is 0.0196. The summed E-state index contributed by atoms with van der Waals surface area (Å²) in [5.74, 6) is -5.86. The number of rotatable bonds is 5. The molecular weight excluding hydrogens is 595 g/mol. The van der Waals surface area contributed by atoms with Gasteiger partial charge in [0, 0.05) is 17.2 Å². The van der Waals surface area contributed by atoms with Gasteiger partial charge in [0.1, 0.15) is 34.6 Å². The van der Waals surface area contributed by atoms with Crippen LogP contribution in [0.3, 0.4) is 0 Å². The van der Waals surface area contributed by atoms with Crippen molar-refractivity contribution < 1.29 is 44.3 Å². The molecule has 0 atom stereocenters. The van der Waals surface area contributed by atoms with Crippen LogP contribution in [-0.4, -0.2) is 0 Å². The fourth-order valence-electron chi connectivity index (χ4n) is 4.46. The monoisotopic (exact) mass is 612 g/mol. The summed E-state index contributed by atoms with van der Waals surface area (Å²) in [4.78, 5) is 0. The minimum atomic E-state index is -4.53. The van der Waals surface area contributed by atoms with Crippen molar-refractivity contribution in [2.24, 2.45) is 0 Å². The molecule has 5 aromatic carbocycles. The van der Waals surface area contributed by atoms with E-state index in [-0.39, 0.29) is 33.4 Å². The van der Waals surface area contributed by atoms with E-state index < -0.39 is 58.1 Å². The maximum absolute atomic E-state index is 15.0. The van der Waals surface area contributed by atoms with Gasteiger partial charge >= 0.3 is 6.11 Å². The summed E-state index contributed by atoms with van der Waals surface area (Å²) < 4.78 is 134. The van der Waals surface area contributed by atoms with E-state index in [0.29, 0.717) is 23.8 Å². The summed E-state index contributed by atoms with van der Waals surface area (Å²) in [5.41, 5.74) is -1.76. The van der Waals surface area contributed by atoms with Gasteiger partial charge in [-0.3, -0.25) is 0 Å². The van der Waals surface area contributed by atoms with E-state index in [4.69, 9.17) is 0 Å². The number of aryl methyl sites for hydroxylation is 1. The highest BCUT2D eigenvalue weighted by Gasteiger charge is 2.41. The van der Waals surface area contributed by atoms with Gasteiger partial charge in [0.25, 0.3) is 0 Å². The van der Waals surface area contributed by atoms with Crippen LogP contribution in [0.1, 0.15) is 22.3 Å². The predicted molar refractivity (Wildman–Crippen MR) is 145 cm³/mol. The second-order valence-electron chi connectivity index (χ2n) is 9.60. The maximum Gasteiger partial charge on any atom is 0.432 e. The van der Waals surface area contributed by atoms with Crippen LogP contribution in [0.25, 0.3) is 22.3 Å². The van der Waals surface area contributed by atoms with Crippen LogP contribution in [0.5, 0.6) is 5.75 Å². The summed E-state index contributed by atoms with van der Waals surface area (Å²) in [6.07, 6.45) is -4.53. The van der Waals surface area contributed by atoms with Crippen LogP contribution in [0, 0.1) is 59.5 Å². The summed E-state index contributed by atoms with van der Waals surface area (Å²) in [7, 11) is 0. The quantitative estimate of drug-likeness (QED) is 0.109. The first-order chi connectivity index (χ1) is 20.8. The first kappa shape index (κ1) is 30.3. The third-order valence-corrected chi connectivity index (χ3v) is 6.54. The van der Waals surface area contributed by atoms with Crippen LogP contribution in [0.2, 0.25) is 0 Å². The van der Waals surface area contributed by atoms with Crippen molar-refractivity contribution in [2.75, 3.05) is 0 Å². The smallest absolute Gasteiger partial charge is 0.429 e. The highest BCUT2D eigenvalue weighted by atomic mass is 19.3. The van der Waals surface area contributed by atoms with E-state index in [9.17, 15) is 35.1 Å². The van der Waals surface area contributed by atoms with E-state index in [1.165, 1.54) is 13.0 Å². The molecule has 222 valence electrons. The second-order valence-corrected chi connectivity index (χ2v) is 9.60. The first-order valence-electron chi connectivity index (χ1n) is 12.7. The zero-order valence-corrected chi connectivity index (χ0v) is 22.4. The van der Waals surface area contributed by atoms with Crippen molar-refractivity contribution in [3.8, 4) is 39.8 Å². The fraction of sp³-hybridized carbons (Fsp3) is 0.0588. The second kappa shape index (κ2) is 11.8. The van der Waals surface area contributed by atoms with Crippen LogP contribution < -0.4 is 4.74 Å². The van der Waals surface area contributed by atoms with Gasteiger partial charge in [-0.1, -0.05) is 42.2 Å². The van der Waals surface area contributed by atoms with Crippen molar-refractivity contribution in [2.45, 2.75) is 13.0 Å². The van der Waals surface area contributed by atoms with Crippen molar-refractivity contribution >= 4 is 0 Å². The number of halogens is 9. The van der Waals surface area contributed by atoms with Gasteiger partial charge in [-0.2, -0.15) is 8.78 Å². The number of hydrogen-bond donors (Lipinski definition) is 0. The average Bonchev–Trinajstić information content (AvgIpc) is 2.95. The molecule has 0 unspecified atom stereocenters. The Hall–Kier alpha value is -5.17. The number of benzene rings is 5. The van der Waals surface area contributed by atoms with E-state index in [1.807, 2.05) is 0 Å². The molecule has 0 fully saturated rings. The predicted octanol–water partition coefficient (Wildman–Crippen LogP) is 9.83. The fourth-order valence-corrected chi connectivity index (χ4v) is 4.46. The molecule has 44 heavy (non-hydrogen) atoms. The van der Waals surface area contributed by atoms with Crippen molar-refractivity contribution in [3.05, 3.63) is 148 Å². The molecule has 0 heterocycles. The molecule has 0 aliphatic rings. The zero-order chi connectivity index (χ0) is 31.8. The third kappa shape index (κ3) is 6.13. The van der Waals surface area contributed by atoms with Crippen LogP contribution in [-0.2, 0) is 6.11 Å². The molecule has 0 amide bonds. The molecule has 0 aliphatic heterocycles. The van der Waals surface area contributed by atoms with Crippen molar-refractivity contribution in [1.29, 1.82) is 0 Å². The van der Waals surface area contributed by atoms with Gasteiger partial charge in [-0.25, -0.2) is 30.7 Å². The highest BCUT2D eigenvalue weighted by Crippen LogP contribution is 2.38. The molecule has 0 radical (unpaired) electrons. The van der Waals surface area contributed by atoms with E-state index in [0.717, 1.165) is 30.3 Å². The molecular formula is C34H17F9O. The molecule has 0 bridgehead atoms. The molecule has 0 aromatic heterocycles. The van der Waals surface area contributed by atoms with Crippen LogP contribution in [0.4, 0.5) is 39.5 Å². The summed E-state index contributed by atoms with van der Waals surface area (Å²) in [6, 6.07) is 15.4. The first-order valence-corrected chi connectivity index (χ1v) is 12.7. The standard InChI is InChI=1S/C34H17F9O/c1-18-11-22(16-26(35)24(18)9-7-19-12-30(39)33(41)31(40)13-19)25-10-8-23(17-27(25)36)44-34(42,43)32-28(37)14-21(15-29(32)38)20-5-3-2-4-6-20/h2-6,8,10-17H,1H3. The Bertz CT molecular complexity index is 1890. The maximum atomic E-state index is 15.0. The molecule has 0 saturated carbocycles. The Labute approximate surface area is 245 Å². The molecule has 1 nitrogen and oxygen atoms in total. The SMILES string of the molecule is Cc1cc(-c2ccc(OC(F)(F)c3c(F)cc(-c4ccccc4)cc3F)cc2F)cc(F)c1C#Cc1cc(F)c(F)c(F)c1. The van der Waals surface area contributed by atoms with Gasteiger partial charge in [-0.05, 0) is 77.7 Å². The Morgan fingerprint density at radius 2 is 1.18 bits per heavy atom. The van der Waals surface area contributed by atoms with E-state index >= 15 is 4.39 Å². The average molecular weight is 612 g/mol. The van der Waals surface area contributed by atoms with E-state index in [2.05, 4.69) is 16.6 Å². The number of alkyl halides is 2. The van der Waals surface area contributed by atoms with Crippen LogP contribution in [0.15, 0.2) is 84.9 Å². The minimum Gasteiger partial charge on any atom is -0.429 e. The zero-order valence-electron chi connectivity index (χ0n) is 22.4. The Balaban J connectivity index is 1.40. The summed E-state index contributed by atoms with van der Waals surface area (Å²) in [6.45, 7) is 1.42. The van der Waals surface area contributed by atoms with Crippen LogP contribution >= 0.6 is 0 Å². The van der Waals surface area contributed by atoms with Gasteiger partial charge < -0.3 is 4.74 Å². The highest BCUT2D eigenvalue weighted by molar-refractivity contribution is 5.68. The summed E-state index contributed by atoms with van der Waals surface area (Å²) in [5, 5.41) is 0. The molecule has 0 N–H and O–H groups in total. The van der Waals surface area contributed by atoms with Crippen molar-refractivity contribution in [3.63, 3.8) is 0 Å². The third-order valence-electron chi connectivity index (χ3n) is 6.54. The molecule has 5 aromatic rings. The lowest BCUT2D eigenvalue weighted by Gasteiger charge is -2.20. The van der Waals surface area contributed by atoms with Gasteiger partial charge in [0.2, 0.25) is 0 Å². The molecule has 0 saturated heterocycles. The molecule has 0 spiro atoms. The summed E-state index contributed by atoms with van der Waals surface area (Å²) >= 11 is 0. The van der Waals surface area contributed by atoms with Gasteiger partial charge in [0.05, 0.1) is 5.56 Å². The Kier molecular flexibility index (Phi) is 8.15. The van der Waals surface area contributed by atoms with Gasteiger partial charge in [-0.15, -0.1) is 0 Å². The molecule has 0 aliphatic carbocycles. The van der Waals surface area contributed by atoms with E-state index in [1.54, 1.807) is 30.3 Å². The molecule has 10 heteroatoms. The molecule has 5 rings (SSSR count). The number of hydrogen-bond acceptors (Lipinski definition) is 1. The Morgan fingerprint density at radius 3 is 1.77 bits per heavy atom. The normalized spacial score (nSPS) is 11.2.